The van der Waals surface area contributed by atoms with Crippen molar-refractivity contribution in [1.82, 2.24) is 4.98 Å². The summed E-state index contributed by atoms with van der Waals surface area (Å²) < 4.78 is 23.4. The lowest BCUT2D eigenvalue weighted by Gasteiger charge is -2.13. The molecule has 0 spiro atoms. The van der Waals surface area contributed by atoms with Crippen LogP contribution in [0.1, 0.15) is 60.6 Å². The largest absolute Gasteiger partial charge is 0.493 e. The number of fused-ring (bicyclic) bond motifs is 2. The first kappa shape index (κ1) is 23.3. The van der Waals surface area contributed by atoms with Crippen molar-refractivity contribution in [1.29, 1.82) is 0 Å². The van der Waals surface area contributed by atoms with Crippen molar-refractivity contribution in [3.05, 3.63) is 59.0 Å². The quantitative estimate of drug-likeness (QED) is 0.381. The Kier molecular flexibility index (Phi) is 6.93. The molecule has 0 amide bonds. The monoisotopic (exact) mass is 477 g/mol. The molecule has 1 atom stereocenters. The first-order valence-corrected chi connectivity index (χ1v) is 12.4. The van der Waals surface area contributed by atoms with Gasteiger partial charge in [-0.25, -0.2) is 4.98 Å². The topological polar surface area (TPSA) is 91.0 Å². The molecule has 0 saturated carbocycles. The summed E-state index contributed by atoms with van der Waals surface area (Å²) in [6.45, 7) is 1.02. The molecular weight excluding hydrogens is 446 g/mol. The zero-order chi connectivity index (χ0) is 24.2. The predicted octanol–water partition coefficient (Wildman–Crippen LogP) is 5.58. The Hall–Kier alpha value is -3.48. The Labute approximate surface area is 205 Å². The molecule has 0 unspecified atom stereocenters. The van der Waals surface area contributed by atoms with Gasteiger partial charge in [-0.3, -0.25) is 4.79 Å². The van der Waals surface area contributed by atoms with E-state index in [9.17, 15) is 4.79 Å². The molecule has 35 heavy (non-hydrogen) atoms. The summed E-state index contributed by atoms with van der Waals surface area (Å²) in [5.41, 5.74) is 4.30. The van der Waals surface area contributed by atoms with Gasteiger partial charge in [0.1, 0.15) is 11.5 Å². The zero-order valence-corrected chi connectivity index (χ0v) is 20.0. The van der Waals surface area contributed by atoms with Gasteiger partial charge < -0.3 is 23.7 Å². The number of rotatable bonds is 10. The van der Waals surface area contributed by atoms with Crippen LogP contribution in [0.5, 0.6) is 17.2 Å². The van der Waals surface area contributed by atoms with E-state index in [0.29, 0.717) is 30.6 Å². The molecule has 0 aliphatic heterocycles. The summed E-state index contributed by atoms with van der Waals surface area (Å²) in [6.07, 6.45) is 6.96. The van der Waals surface area contributed by atoms with Crippen LogP contribution in [0.25, 0.3) is 11.5 Å². The molecule has 0 saturated heterocycles. The average Bonchev–Trinajstić information content (AvgIpc) is 3.47. The average molecular weight is 478 g/mol. The Balaban J connectivity index is 1.12. The second-order valence-electron chi connectivity index (χ2n) is 9.21. The van der Waals surface area contributed by atoms with E-state index in [-0.39, 0.29) is 12.3 Å². The Bertz CT molecular complexity index is 1180. The molecule has 0 fully saturated rings. The lowest BCUT2D eigenvalue weighted by atomic mass is 9.98. The molecule has 0 radical (unpaired) electrons. The van der Waals surface area contributed by atoms with Gasteiger partial charge in [0.05, 0.1) is 32.4 Å². The van der Waals surface area contributed by atoms with Crippen molar-refractivity contribution < 1.29 is 28.5 Å². The molecule has 1 N–H and O–H groups in total. The Morgan fingerprint density at radius 2 is 1.91 bits per heavy atom. The van der Waals surface area contributed by atoms with Gasteiger partial charge in [0.25, 0.3) is 0 Å². The van der Waals surface area contributed by atoms with Crippen LogP contribution in [0, 0.1) is 0 Å². The van der Waals surface area contributed by atoms with Gasteiger partial charge in [-0.1, -0.05) is 6.07 Å². The highest BCUT2D eigenvalue weighted by atomic mass is 16.5. The molecule has 1 heterocycles. The maximum atomic E-state index is 11.0. The van der Waals surface area contributed by atoms with Gasteiger partial charge in [-0.05, 0) is 79.5 Å². The van der Waals surface area contributed by atoms with Gasteiger partial charge in [0.15, 0.2) is 11.5 Å². The fourth-order valence-electron chi connectivity index (χ4n) is 5.02. The van der Waals surface area contributed by atoms with Gasteiger partial charge in [-0.15, -0.1) is 0 Å². The van der Waals surface area contributed by atoms with E-state index >= 15 is 0 Å². The van der Waals surface area contributed by atoms with Gasteiger partial charge >= 0.3 is 5.97 Å². The highest BCUT2D eigenvalue weighted by Gasteiger charge is 2.25. The third-order valence-electron chi connectivity index (χ3n) is 6.81. The van der Waals surface area contributed by atoms with Crippen LogP contribution in [0.3, 0.4) is 0 Å². The number of ether oxygens (including phenoxy) is 3. The number of benzene rings is 2. The van der Waals surface area contributed by atoms with Crippen molar-refractivity contribution in [2.24, 2.45) is 0 Å². The Morgan fingerprint density at radius 3 is 2.74 bits per heavy atom. The van der Waals surface area contributed by atoms with Crippen LogP contribution in [-0.4, -0.2) is 36.4 Å². The summed E-state index contributed by atoms with van der Waals surface area (Å²) >= 11 is 0. The highest BCUT2D eigenvalue weighted by molar-refractivity contribution is 5.68. The minimum Gasteiger partial charge on any atom is -0.493 e. The van der Waals surface area contributed by atoms with Gasteiger partial charge in [0, 0.05) is 18.4 Å². The molecule has 2 aliphatic carbocycles. The van der Waals surface area contributed by atoms with E-state index in [4.69, 9.17) is 23.7 Å². The first-order valence-electron chi connectivity index (χ1n) is 12.4. The van der Waals surface area contributed by atoms with E-state index in [0.717, 1.165) is 66.9 Å². The second kappa shape index (κ2) is 10.4. The van der Waals surface area contributed by atoms with E-state index in [1.165, 1.54) is 12.0 Å². The van der Waals surface area contributed by atoms with Crippen molar-refractivity contribution in [3.63, 3.8) is 0 Å². The molecule has 2 aromatic carbocycles. The fourth-order valence-corrected chi connectivity index (χ4v) is 5.02. The number of nitrogens with zero attached hydrogens (tertiary/aromatic N) is 1. The van der Waals surface area contributed by atoms with Crippen molar-refractivity contribution in [2.75, 3.05) is 20.3 Å². The maximum absolute atomic E-state index is 11.0. The number of carboxylic acid groups (broad SMARTS) is 1. The second-order valence-corrected chi connectivity index (χ2v) is 9.21. The maximum Gasteiger partial charge on any atom is 0.303 e. The van der Waals surface area contributed by atoms with Crippen LogP contribution in [0.4, 0.5) is 0 Å². The number of methoxy groups -OCH3 is 1. The summed E-state index contributed by atoms with van der Waals surface area (Å²) in [6, 6.07) is 11.7. The summed E-state index contributed by atoms with van der Waals surface area (Å²) in [5.74, 6) is 3.15. The number of carbonyl (C=O) groups is 1. The molecule has 7 nitrogen and oxygen atoms in total. The summed E-state index contributed by atoms with van der Waals surface area (Å²) in [4.78, 5) is 15.7. The van der Waals surface area contributed by atoms with E-state index in [1.807, 2.05) is 36.4 Å². The number of aromatic nitrogens is 1. The van der Waals surface area contributed by atoms with E-state index in [2.05, 4.69) is 4.98 Å². The van der Waals surface area contributed by atoms with Gasteiger partial charge in [0.2, 0.25) is 5.89 Å². The first-order chi connectivity index (χ1) is 17.1. The number of aliphatic carboxylic acids is 1. The molecule has 3 aromatic rings. The standard InChI is InChI=1S/C28H31NO6/c1-32-26-16-20(28-29-23-5-2-3-6-24(23)35-28)9-12-25(26)34-14-4-13-33-21-10-11-22-18(15-21)7-8-19(22)17-27(30)31/h9-12,15-16,19H,2-8,13-14,17H2,1H3,(H,30,31)/t19-/m0/s1. The van der Waals surface area contributed by atoms with Crippen LogP contribution in [0.2, 0.25) is 0 Å². The number of aryl methyl sites for hydroxylation is 3. The molecular formula is C28H31NO6. The van der Waals surface area contributed by atoms with Crippen LogP contribution in [0.15, 0.2) is 40.8 Å². The number of carboxylic acids is 1. The lowest BCUT2D eigenvalue weighted by molar-refractivity contribution is -0.137. The van der Waals surface area contributed by atoms with Crippen molar-refractivity contribution in [3.8, 4) is 28.7 Å². The summed E-state index contributed by atoms with van der Waals surface area (Å²) in [5, 5.41) is 9.08. The zero-order valence-electron chi connectivity index (χ0n) is 20.0. The third kappa shape index (κ3) is 5.29. The fraction of sp³-hybridized carbons (Fsp3) is 0.429. The lowest BCUT2D eigenvalue weighted by Crippen LogP contribution is -2.06. The van der Waals surface area contributed by atoms with Crippen LogP contribution >= 0.6 is 0 Å². The van der Waals surface area contributed by atoms with Crippen LogP contribution in [-0.2, 0) is 24.1 Å². The number of hydrogen-bond acceptors (Lipinski definition) is 6. The summed E-state index contributed by atoms with van der Waals surface area (Å²) in [7, 11) is 1.63. The predicted molar refractivity (Wildman–Crippen MR) is 130 cm³/mol. The normalized spacial score (nSPS) is 16.4. The van der Waals surface area contributed by atoms with E-state index in [1.54, 1.807) is 7.11 Å². The van der Waals surface area contributed by atoms with Crippen molar-refractivity contribution >= 4 is 5.97 Å². The SMILES string of the molecule is COc1cc(-c2nc3c(o2)CCCC3)ccc1OCCCOc1ccc2c(c1)CC[C@H]2CC(=O)O. The van der Waals surface area contributed by atoms with E-state index < -0.39 is 5.97 Å². The third-order valence-corrected chi connectivity index (χ3v) is 6.81. The number of hydrogen-bond donors (Lipinski definition) is 1. The van der Waals surface area contributed by atoms with Crippen LogP contribution < -0.4 is 14.2 Å². The molecule has 5 rings (SSSR count). The smallest absolute Gasteiger partial charge is 0.303 e. The minimum absolute atomic E-state index is 0.111. The Morgan fingerprint density at radius 1 is 1.06 bits per heavy atom. The molecule has 184 valence electrons. The van der Waals surface area contributed by atoms with Crippen molar-refractivity contribution in [2.45, 2.75) is 57.3 Å². The number of oxazole rings is 1. The molecule has 2 aliphatic rings. The molecule has 7 heteroatoms. The minimum atomic E-state index is -0.745. The highest BCUT2D eigenvalue weighted by Crippen LogP contribution is 2.37. The molecule has 0 bridgehead atoms. The van der Waals surface area contributed by atoms with Gasteiger partial charge in [-0.2, -0.15) is 0 Å². The molecule has 1 aromatic heterocycles.